The first kappa shape index (κ1) is 9.42. The second-order valence-electron chi connectivity index (χ2n) is 0.217. The van der Waals surface area contributed by atoms with E-state index in [9.17, 15) is 0 Å². The van der Waals surface area contributed by atoms with Gasteiger partial charge in [0, 0.05) is 0 Å². The highest BCUT2D eigenvalue weighted by molar-refractivity contribution is 8.18. The molecular weight excluding hydrogens is 120 g/mol. The summed E-state index contributed by atoms with van der Waals surface area (Å²) in [6.07, 6.45) is 0. The van der Waals surface area contributed by atoms with E-state index >= 15 is 0 Å². The first-order valence-corrected chi connectivity index (χ1v) is 3.05. The molecule has 0 radical (unpaired) electrons. The average molecular weight is 125 g/mol. The molecule has 0 aliphatic carbocycles. The van der Waals surface area contributed by atoms with Gasteiger partial charge in [0.25, 0.3) is 0 Å². The minimum absolute atomic E-state index is 2.03. The quantitative estimate of drug-likeness (QED) is 0.294. The summed E-state index contributed by atoms with van der Waals surface area (Å²) in [7, 11) is -2.03. The van der Waals surface area contributed by atoms with E-state index in [-0.39, 0.29) is 0 Å². The van der Waals surface area contributed by atoms with Gasteiger partial charge in [-0.2, -0.15) is 0 Å². The van der Waals surface area contributed by atoms with Gasteiger partial charge in [0.1, 0.15) is 0 Å². The SMILES string of the molecule is C=C.O=[S-](O)=S. The Morgan fingerprint density at radius 2 is 1.67 bits per heavy atom. The molecule has 0 saturated heterocycles. The van der Waals surface area contributed by atoms with E-state index in [4.69, 9.17) is 8.76 Å². The summed E-state index contributed by atoms with van der Waals surface area (Å²) in [5.41, 5.74) is 0. The van der Waals surface area contributed by atoms with Crippen LogP contribution in [0.5, 0.6) is 0 Å². The number of hydrogen-bond donors (Lipinski definition) is 1. The van der Waals surface area contributed by atoms with E-state index in [1.165, 1.54) is 0 Å². The van der Waals surface area contributed by atoms with Crippen LogP contribution in [0.3, 0.4) is 0 Å². The highest BCUT2D eigenvalue weighted by Gasteiger charge is 1.19. The Hall–Kier alpha value is 0.0700. The zero-order valence-electron chi connectivity index (χ0n) is 3.09. The lowest BCUT2D eigenvalue weighted by molar-refractivity contribution is 0.536. The van der Waals surface area contributed by atoms with Crippen LogP contribution < -0.4 is 0 Å². The van der Waals surface area contributed by atoms with E-state index in [2.05, 4.69) is 24.3 Å². The largest absolute Gasteiger partial charge is 0.459 e. The molecule has 0 rings (SSSR count). The fraction of sp³-hybridized carbons (Fsp3) is 0. The van der Waals surface area contributed by atoms with Gasteiger partial charge in [-0.1, -0.05) is 9.64 Å². The minimum Gasteiger partial charge on any atom is -0.459 e. The molecule has 2 nitrogen and oxygen atoms in total. The maximum Gasteiger partial charge on any atom is -0.0918 e. The normalized spacial score (nSPS) is 6.33. The van der Waals surface area contributed by atoms with Gasteiger partial charge in [0.05, 0.1) is 0 Å². The van der Waals surface area contributed by atoms with Crippen molar-refractivity contribution < 1.29 is 8.76 Å². The highest BCUT2D eigenvalue weighted by atomic mass is 32.8. The molecule has 0 spiro atoms. The first-order valence-electron chi connectivity index (χ1n) is 1.02. The molecule has 1 N–H and O–H groups in total. The van der Waals surface area contributed by atoms with Crippen molar-refractivity contribution in [2.24, 2.45) is 0 Å². The zero-order chi connectivity index (χ0) is 5.58. The smallest absolute Gasteiger partial charge is 0.0918 e. The molecule has 0 bridgehead atoms. The Bertz CT molecular complexity index is 67.6. The molecule has 0 amide bonds. The van der Waals surface area contributed by atoms with Gasteiger partial charge in [-0.05, 0) is 0 Å². The van der Waals surface area contributed by atoms with E-state index in [0.29, 0.717) is 0 Å². The van der Waals surface area contributed by atoms with Crippen molar-refractivity contribution in [1.82, 2.24) is 0 Å². The molecular formula is C2H5O2S2-. The third-order valence-corrected chi connectivity index (χ3v) is 0. The van der Waals surface area contributed by atoms with Crippen LogP contribution in [-0.4, -0.2) is 4.55 Å². The van der Waals surface area contributed by atoms with Crippen molar-refractivity contribution in [2.75, 3.05) is 0 Å². The molecule has 0 aliphatic rings. The van der Waals surface area contributed by atoms with Crippen molar-refractivity contribution in [3.8, 4) is 0 Å². The lowest BCUT2D eigenvalue weighted by Crippen LogP contribution is -1.51. The summed E-state index contributed by atoms with van der Waals surface area (Å²) in [5.74, 6) is 0. The van der Waals surface area contributed by atoms with Crippen LogP contribution in [0.25, 0.3) is 0 Å². The molecule has 0 aliphatic heterocycles. The molecule has 38 valence electrons. The Morgan fingerprint density at radius 3 is 1.67 bits per heavy atom. The zero-order valence-corrected chi connectivity index (χ0v) is 4.72. The summed E-state index contributed by atoms with van der Waals surface area (Å²) < 4.78 is 16.3. The number of hydrogen-bond acceptors (Lipinski definition) is 3. The van der Waals surface area contributed by atoms with E-state index in [1.54, 1.807) is 0 Å². The molecule has 4 heteroatoms. The van der Waals surface area contributed by atoms with Crippen molar-refractivity contribution in [3.05, 3.63) is 13.2 Å². The van der Waals surface area contributed by atoms with Crippen molar-refractivity contribution in [1.29, 1.82) is 0 Å². The maximum atomic E-state index is 8.93. The third kappa shape index (κ3) is 7830. The summed E-state index contributed by atoms with van der Waals surface area (Å²) in [6.45, 7) is 6.00. The molecule has 0 aromatic carbocycles. The van der Waals surface area contributed by atoms with Crippen molar-refractivity contribution in [3.63, 3.8) is 0 Å². The lowest BCUT2D eigenvalue weighted by atomic mass is 11.3. The van der Waals surface area contributed by atoms with Gasteiger partial charge < -0.3 is 8.76 Å². The summed E-state index contributed by atoms with van der Waals surface area (Å²) in [4.78, 5) is 0. The first-order chi connectivity index (χ1) is 2.73. The van der Waals surface area contributed by atoms with Crippen molar-refractivity contribution in [2.45, 2.75) is 0 Å². The number of rotatable bonds is 0. The second-order valence-corrected chi connectivity index (χ2v) is 1.51. The van der Waals surface area contributed by atoms with Gasteiger partial charge in [-0.15, -0.1) is 13.2 Å². The predicted molar refractivity (Wildman–Crippen MR) is 29.3 cm³/mol. The van der Waals surface area contributed by atoms with Gasteiger partial charge in [0.15, 0.2) is 0 Å². The van der Waals surface area contributed by atoms with Crippen LogP contribution in [0.15, 0.2) is 13.2 Å². The summed E-state index contributed by atoms with van der Waals surface area (Å²) >= 11 is 3.65. The highest BCUT2D eigenvalue weighted by Crippen LogP contribution is 1.33. The molecule has 0 atom stereocenters. The maximum absolute atomic E-state index is 8.93. The second kappa shape index (κ2) is 8.91. The minimum atomic E-state index is -2.03. The fourth-order valence-electron chi connectivity index (χ4n) is 0. The van der Waals surface area contributed by atoms with Crippen LogP contribution >= 0.6 is 0 Å². The predicted octanol–water partition coefficient (Wildman–Crippen LogP) is 0.687. The van der Waals surface area contributed by atoms with E-state index in [1.807, 2.05) is 0 Å². The Kier molecular flexibility index (Phi) is 14.0. The molecule has 0 heterocycles. The fourth-order valence-corrected chi connectivity index (χ4v) is 0. The van der Waals surface area contributed by atoms with Gasteiger partial charge in [-0.25, -0.2) is 11.2 Å². The molecule has 6 heavy (non-hydrogen) atoms. The van der Waals surface area contributed by atoms with Crippen LogP contribution in [-0.2, 0) is 25.0 Å². The van der Waals surface area contributed by atoms with Crippen LogP contribution in [0, 0.1) is 0 Å². The monoisotopic (exact) mass is 125 g/mol. The summed E-state index contributed by atoms with van der Waals surface area (Å²) in [5, 5.41) is 0. The van der Waals surface area contributed by atoms with Gasteiger partial charge in [0.2, 0.25) is 0 Å². The molecule has 0 fully saturated rings. The Labute approximate surface area is 43.4 Å². The van der Waals surface area contributed by atoms with Crippen molar-refractivity contribution >= 4 is 20.8 Å². The topological polar surface area (TPSA) is 37.3 Å². The van der Waals surface area contributed by atoms with Gasteiger partial charge >= 0.3 is 0 Å². The standard InChI is InChI=1S/C2H4.HO2S2/c1-2;1-4(2)3/h1-2H2;(H,1,2,3)/q;-1. The van der Waals surface area contributed by atoms with E-state index < -0.39 is 9.64 Å². The molecule has 0 aromatic heterocycles. The van der Waals surface area contributed by atoms with Crippen LogP contribution in [0.1, 0.15) is 0 Å². The third-order valence-electron chi connectivity index (χ3n) is 0. The average Bonchev–Trinajstić information content (AvgIpc) is 1.41. The van der Waals surface area contributed by atoms with E-state index in [0.717, 1.165) is 0 Å². The molecule has 0 saturated carbocycles. The van der Waals surface area contributed by atoms with Crippen LogP contribution in [0.2, 0.25) is 0 Å². The Balaban J connectivity index is 0. The summed E-state index contributed by atoms with van der Waals surface area (Å²) in [6, 6.07) is 0. The Morgan fingerprint density at radius 1 is 1.67 bits per heavy atom. The molecule has 0 unspecified atom stereocenters. The lowest BCUT2D eigenvalue weighted by Gasteiger charge is -1.66. The van der Waals surface area contributed by atoms with Crippen LogP contribution in [0.4, 0.5) is 0 Å². The van der Waals surface area contributed by atoms with Gasteiger partial charge in [-0.3, -0.25) is 0 Å². The molecule has 0 aromatic rings.